The van der Waals surface area contributed by atoms with Gasteiger partial charge in [0.1, 0.15) is 0 Å². The molecule has 3 rings (SSSR count). The zero-order chi connectivity index (χ0) is 17.9. The quantitative estimate of drug-likeness (QED) is 0.689. The summed E-state index contributed by atoms with van der Waals surface area (Å²) in [5.74, 6) is 0.319. The van der Waals surface area contributed by atoms with Crippen LogP contribution in [-0.2, 0) is 14.6 Å². The van der Waals surface area contributed by atoms with Gasteiger partial charge in [-0.1, -0.05) is 6.92 Å². The first-order chi connectivity index (χ1) is 11.9. The molecule has 2 aliphatic heterocycles. The molecule has 1 atom stereocenters. The van der Waals surface area contributed by atoms with Crippen LogP contribution in [-0.4, -0.2) is 68.3 Å². The number of pyridine rings is 1. The minimum atomic E-state index is -2.93. The lowest BCUT2D eigenvalue weighted by Gasteiger charge is -2.50. The van der Waals surface area contributed by atoms with Crippen molar-refractivity contribution >= 4 is 9.84 Å². The van der Waals surface area contributed by atoms with Crippen LogP contribution in [0.5, 0.6) is 5.88 Å². The number of aromatic nitrogens is 1. The van der Waals surface area contributed by atoms with Crippen LogP contribution in [0, 0.1) is 11.7 Å². The summed E-state index contributed by atoms with van der Waals surface area (Å²) in [6.07, 6.45) is 3.24. The Labute approximate surface area is 148 Å². The van der Waals surface area contributed by atoms with Gasteiger partial charge < -0.3 is 9.47 Å². The van der Waals surface area contributed by atoms with E-state index >= 15 is 0 Å². The summed E-state index contributed by atoms with van der Waals surface area (Å²) in [6, 6.07) is 2.86. The van der Waals surface area contributed by atoms with Crippen molar-refractivity contribution in [3.8, 4) is 5.88 Å². The van der Waals surface area contributed by atoms with Crippen molar-refractivity contribution in [1.82, 2.24) is 9.88 Å². The molecule has 1 spiro atoms. The number of likely N-dealkylation sites (tertiary alicyclic amines) is 1. The van der Waals surface area contributed by atoms with Gasteiger partial charge in [0, 0.05) is 38.2 Å². The summed E-state index contributed by atoms with van der Waals surface area (Å²) < 4.78 is 48.2. The summed E-state index contributed by atoms with van der Waals surface area (Å²) in [6.45, 7) is 4.86. The van der Waals surface area contributed by atoms with Crippen LogP contribution in [0.4, 0.5) is 4.39 Å². The second-order valence-electron chi connectivity index (χ2n) is 6.77. The summed E-state index contributed by atoms with van der Waals surface area (Å²) in [5.41, 5.74) is -0.192. The fraction of sp³-hybridized carbons (Fsp3) is 0.706. The molecule has 0 aromatic carbocycles. The van der Waals surface area contributed by atoms with E-state index in [2.05, 4.69) is 9.88 Å². The molecule has 0 radical (unpaired) electrons. The molecule has 3 heterocycles. The van der Waals surface area contributed by atoms with Gasteiger partial charge in [0.05, 0.1) is 18.0 Å². The van der Waals surface area contributed by atoms with Gasteiger partial charge >= 0.3 is 0 Å². The predicted octanol–water partition coefficient (Wildman–Crippen LogP) is 1.52. The summed E-state index contributed by atoms with van der Waals surface area (Å²) in [4.78, 5) is 6.02. The maximum Gasteiger partial charge on any atom is 0.250 e. The molecule has 2 aliphatic rings. The van der Waals surface area contributed by atoms with Gasteiger partial charge in [0.15, 0.2) is 15.7 Å². The maximum atomic E-state index is 13.5. The number of nitrogens with zero attached hydrogens (tertiary/aromatic N) is 2. The van der Waals surface area contributed by atoms with Crippen molar-refractivity contribution in [2.45, 2.75) is 25.4 Å². The van der Waals surface area contributed by atoms with Gasteiger partial charge in [-0.25, -0.2) is 17.8 Å². The van der Waals surface area contributed by atoms with Crippen molar-refractivity contribution in [1.29, 1.82) is 0 Å². The second-order valence-corrected chi connectivity index (χ2v) is 9.25. The Morgan fingerprint density at radius 1 is 1.48 bits per heavy atom. The smallest absolute Gasteiger partial charge is 0.250 e. The van der Waals surface area contributed by atoms with E-state index in [-0.39, 0.29) is 23.0 Å². The highest BCUT2D eigenvalue weighted by Gasteiger charge is 2.52. The molecule has 0 saturated carbocycles. The van der Waals surface area contributed by atoms with Gasteiger partial charge in [-0.15, -0.1) is 0 Å². The first-order valence-corrected chi connectivity index (χ1v) is 10.6. The lowest BCUT2D eigenvalue weighted by molar-refractivity contribution is -0.132. The number of hydrogen-bond acceptors (Lipinski definition) is 6. The van der Waals surface area contributed by atoms with Gasteiger partial charge in [-0.2, -0.15) is 0 Å². The third-order valence-corrected chi connectivity index (χ3v) is 6.85. The highest BCUT2D eigenvalue weighted by molar-refractivity contribution is 7.91. The highest BCUT2D eigenvalue weighted by atomic mass is 32.2. The van der Waals surface area contributed by atoms with Gasteiger partial charge in [-0.05, 0) is 30.9 Å². The zero-order valence-electron chi connectivity index (χ0n) is 14.5. The minimum absolute atomic E-state index is 0.0375. The van der Waals surface area contributed by atoms with E-state index in [1.165, 1.54) is 18.3 Å². The molecule has 0 aliphatic carbocycles. The van der Waals surface area contributed by atoms with Crippen LogP contribution < -0.4 is 4.74 Å². The number of ether oxygens (including phenoxy) is 2. The van der Waals surface area contributed by atoms with E-state index in [4.69, 9.17) is 9.47 Å². The van der Waals surface area contributed by atoms with E-state index in [0.717, 1.165) is 25.9 Å². The van der Waals surface area contributed by atoms with E-state index < -0.39 is 15.7 Å². The highest BCUT2D eigenvalue weighted by Crippen LogP contribution is 2.41. The molecule has 6 nitrogen and oxygen atoms in total. The summed E-state index contributed by atoms with van der Waals surface area (Å²) in [7, 11) is -2.93. The van der Waals surface area contributed by atoms with Crippen LogP contribution in [0.25, 0.3) is 0 Å². The molecule has 2 fully saturated rings. The molecule has 25 heavy (non-hydrogen) atoms. The molecule has 1 aromatic heterocycles. The zero-order valence-corrected chi connectivity index (χ0v) is 15.3. The molecular weight excluding hydrogens is 347 g/mol. The first-order valence-electron chi connectivity index (χ1n) is 8.74. The fourth-order valence-corrected chi connectivity index (χ4v) is 4.42. The lowest BCUT2D eigenvalue weighted by atomic mass is 9.79. The molecule has 0 N–H and O–H groups in total. The van der Waals surface area contributed by atoms with Crippen LogP contribution >= 0.6 is 0 Å². The fourth-order valence-electron chi connectivity index (χ4n) is 3.60. The summed E-state index contributed by atoms with van der Waals surface area (Å²) in [5, 5.41) is 0. The Kier molecular flexibility index (Phi) is 5.60. The number of sulfone groups is 1. The average molecular weight is 372 g/mol. The number of halogens is 1. The Bertz CT molecular complexity index is 692. The minimum Gasteiger partial charge on any atom is -0.476 e. The monoisotopic (exact) mass is 372 g/mol. The first kappa shape index (κ1) is 18.5. The molecule has 1 aromatic rings. The van der Waals surface area contributed by atoms with E-state index in [1.807, 2.05) is 0 Å². The Morgan fingerprint density at radius 3 is 3.00 bits per heavy atom. The molecule has 8 heteroatoms. The van der Waals surface area contributed by atoms with Crippen LogP contribution in [0.1, 0.15) is 19.8 Å². The predicted molar refractivity (Wildman–Crippen MR) is 91.9 cm³/mol. The van der Waals surface area contributed by atoms with Crippen molar-refractivity contribution in [2.75, 3.05) is 44.4 Å². The van der Waals surface area contributed by atoms with Crippen molar-refractivity contribution in [3.63, 3.8) is 0 Å². The topological polar surface area (TPSA) is 68.7 Å². The Morgan fingerprint density at radius 2 is 2.28 bits per heavy atom. The third-order valence-electron chi connectivity index (χ3n) is 5.17. The van der Waals surface area contributed by atoms with Gasteiger partial charge in [-0.3, -0.25) is 4.90 Å². The Hall–Kier alpha value is -1.25. The SMILES string of the molecule is CCS(=O)(=O)CCN1CC2(C1)OCC[C@H]2CCOc1ncccc1F. The molecule has 0 bridgehead atoms. The summed E-state index contributed by atoms with van der Waals surface area (Å²) >= 11 is 0. The average Bonchev–Trinajstić information content (AvgIpc) is 2.97. The van der Waals surface area contributed by atoms with Gasteiger partial charge in [0.25, 0.3) is 0 Å². The van der Waals surface area contributed by atoms with E-state index in [0.29, 0.717) is 25.7 Å². The molecule has 0 unspecified atom stereocenters. The standard InChI is InChI=1S/C17H25FN2O4S/c1-2-25(21,22)11-8-20-12-17(13-20)14(6-10-24-17)5-9-23-16-15(18)4-3-7-19-16/h3-4,7,14H,2,5-6,8-13H2,1H3/t14-/m1/s1. The molecule has 140 valence electrons. The van der Waals surface area contributed by atoms with Crippen molar-refractivity contribution in [2.24, 2.45) is 5.92 Å². The molecule has 2 saturated heterocycles. The third kappa shape index (κ3) is 4.30. The van der Waals surface area contributed by atoms with Crippen LogP contribution in [0.3, 0.4) is 0 Å². The van der Waals surface area contributed by atoms with E-state index in [1.54, 1.807) is 6.92 Å². The van der Waals surface area contributed by atoms with Gasteiger partial charge in [0.2, 0.25) is 5.88 Å². The number of rotatable bonds is 8. The normalized spacial score (nSPS) is 22.9. The maximum absolute atomic E-state index is 13.5. The number of hydrogen-bond donors (Lipinski definition) is 0. The Balaban J connectivity index is 1.45. The second kappa shape index (κ2) is 7.55. The molecular formula is C17H25FN2O4S. The van der Waals surface area contributed by atoms with Crippen LogP contribution in [0.2, 0.25) is 0 Å². The largest absolute Gasteiger partial charge is 0.476 e. The molecule has 0 amide bonds. The van der Waals surface area contributed by atoms with Crippen molar-refractivity contribution in [3.05, 3.63) is 24.1 Å². The van der Waals surface area contributed by atoms with E-state index in [9.17, 15) is 12.8 Å². The van der Waals surface area contributed by atoms with Crippen LogP contribution in [0.15, 0.2) is 18.3 Å². The van der Waals surface area contributed by atoms with Crippen molar-refractivity contribution < 1.29 is 22.3 Å². The lowest BCUT2D eigenvalue weighted by Crippen LogP contribution is -2.65.